The highest BCUT2D eigenvalue weighted by atomic mass is 31.2. The number of hydrogen-bond donors (Lipinski definition) is 0. The molecule has 5 aromatic rings. The molecule has 0 amide bonds. The summed E-state index contributed by atoms with van der Waals surface area (Å²) >= 11 is 0. The standard InChI is InChI=1S/C31H25FP/c32-27-17-13-16-26(24-27)31(25-14-5-1-6-15-25)33(28-18-7-2-8-19-28,29-20-9-3-10-21-29)30-22-11-4-12-23-30/h1-24,31H/q+1. The van der Waals surface area contributed by atoms with Crippen molar-refractivity contribution in [1.82, 2.24) is 0 Å². The van der Waals surface area contributed by atoms with Crippen LogP contribution in [0.1, 0.15) is 16.8 Å². The van der Waals surface area contributed by atoms with Crippen LogP contribution in [0.25, 0.3) is 0 Å². The quantitative estimate of drug-likeness (QED) is 0.248. The average Bonchev–Trinajstić information content (AvgIpc) is 2.89. The van der Waals surface area contributed by atoms with Crippen LogP contribution in [0.2, 0.25) is 0 Å². The van der Waals surface area contributed by atoms with Gasteiger partial charge in [-0.25, -0.2) is 4.39 Å². The molecule has 5 aromatic carbocycles. The lowest BCUT2D eigenvalue weighted by atomic mass is 10.0. The van der Waals surface area contributed by atoms with Gasteiger partial charge < -0.3 is 0 Å². The maximum absolute atomic E-state index is 14.7. The summed E-state index contributed by atoms with van der Waals surface area (Å²) in [5.74, 6) is -0.208. The Hall–Kier alpha value is -3.54. The third-order valence-corrected chi connectivity index (χ3v) is 10.9. The molecule has 0 saturated heterocycles. The predicted molar refractivity (Wildman–Crippen MR) is 140 cm³/mol. The van der Waals surface area contributed by atoms with E-state index >= 15 is 0 Å². The molecular formula is C31H25FP+. The normalized spacial score (nSPS) is 12.3. The average molecular weight is 448 g/mol. The van der Waals surface area contributed by atoms with Crippen LogP contribution in [0.4, 0.5) is 4.39 Å². The highest BCUT2D eigenvalue weighted by Gasteiger charge is 2.53. The first kappa shape index (κ1) is 21.3. The second-order valence-corrected chi connectivity index (χ2v) is 11.6. The van der Waals surface area contributed by atoms with E-state index in [-0.39, 0.29) is 11.5 Å². The van der Waals surface area contributed by atoms with E-state index in [2.05, 4.69) is 121 Å². The van der Waals surface area contributed by atoms with E-state index in [1.807, 2.05) is 12.1 Å². The molecule has 33 heavy (non-hydrogen) atoms. The van der Waals surface area contributed by atoms with E-state index in [0.717, 1.165) is 5.56 Å². The molecule has 1 unspecified atom stereocenters. The van der Waals surface area contributed by atoms with Crippen LogP contribution in [0.5, 0.6) is 0 Å². The molecule has 0 aliphatic heterocycles. The lowest BCUT2D eigenvalue weighted by molar-refractivity contribution is 0.626. The largest absolute Gasteiger partial charge is 0.207 e. The van der Waals surface area contributed by atoms with Crippen LogP contribution in [-0.2, 0) is 0 Å². The summed E-state index contributed by atoms with van der Waals surface area (Å²) in [4.78, 5) is 0. The summed E-state index contributed by atoms with van der Waals surface area (Å²) in [6.07, 6.45) is 0. The molecule has 0 aromatic heterocycles. The van der Waals surface area contributed by atoms with E-state index in [1.54, 1.807) is 6.07 Å². The first-order valence-electron chi connectivity index (χ1n) is 11.2. The zero-order valence-corrected chi connectivity index (χ0v) is 19.2. The van der Waals surface area contributed by atoms with Crippen molar-refractivity contribution >= 4 is 23.2 Å². The highest BCUT2D eigenvalue weighted by molar-refractivity contribution is 7.96. The molecule has 0 fully saturated rings. The van der Waals surface area contributed by atoms with E-state index in [0.29, 0.717) is 0 Å². The second-order valence-electron chi connectivity index (χ2n) is 8.10. The smallest absolute Gasteiger partial charge is 0.134 e. The zero-order valence-electron chi connectivity index (χ0n) is 18.3. The minimum atomic E-state index is -2.29. The third kappa shape index (κ3) is 4.01. The van der Waals surface area contributed by atoms with Gasteiger partial charge in [-0.3, -0.25) is 0 Å². The summed E-state index contributed by atoms with van der Waals surface area (Å²) < 4.78 is 14.7. The Labute approximate surface area is 195 Å². The van der Waals surface area contributed by atoms with Crippen molar-refractivity contribution < 1.29 is 4.39 Å². The predicted octanol–water partition coefficient (Wildman–Crippen LogP) is 6.91. The lowest BCUT2D eigenvalue weighted by Gasteiger charge is -2.35. The highest BCUT2D eigenvalue weighted by Crippen LogP contribution is 2.68. The Morgan fingerprint density at radius 3 is 1.24 bits per heavy atom. The molecule has 0 radical (unpaired) electrons. The fraction of sp³-hybridized carbons (Fsp3) is 0.0323. The van der Waals surface area contributed by atoms with Crippen LogP contribution < -0.4 is 15.9 Å². The number of rotatable bonds is 6. The van der Waals surface area contributed by atoms with Crippen molar-refractivity contribution in [2.75, 3.05) is 0 Å². The molecular weight excluding hydrogens is 422 g/mol. The van der Waals surface area contributed by atoms with Gasteiger partial charge in [-0.05, 0) is 54.1 Å². The third-order valence-electron chi connectivity index (χ3n) is 6.16. The molecule has 1 atom stereocenters. The Bertz CT molecular complexity index is 1210. The van der Waals surface area contributed by atoms with Gasteiger partial charge in [0.05, 0.1) is 0 Å². The fourth-order valence-corrected chi connectivity index (χ4v) is 9.78. The van der Waals surface area contributed by atoms with Gasteiger partial charge in [0.25, 0.3) is 0 Å². The van der Waals surface area contributed by atoms with Gasteiger partial charge in [-0.15, -0.1) is 0 Å². The molecule has 0 heterocycles. The van der Waals surface area contributed by atoms with Crippen molar-refractivity contribution in [3.63, 3.8) is 0 Å². The van der Waals surface area contributed by atoms with Crippen LogP contribution in [-0.4, -0.2) is 0 Å². The first-order valence-corrected chi connectivity index (χ1v) is 13.0. The Morgan fingerprint density at radius 2 is 0.818 bits per heavy atom. The van der Waals surface area contributed by atoms with Crippen LogP contribution in [0.15, 0.2) is 146 Å². The summed E-state index contributed by atoms with van der Waals surface area (Å²) in [5, 5.41) is 3.83. The first-order chi connectivity index (χ1) is 16.3. The van der Waals surface area contributed by atoms with Gasteiger partial charge in [0.1, 0.15) is 34.7 Å². The number of benzene rings is 5. The fourth-order valence-electron chi connectivity index (χ4n) is 4.84. The minimum Gasteiger partial charge on any atom is -0.207 e. The summed E-state index contributed by atoms with van der Waals surface area (Å²) in [7, 11) is -2.29. The molecule has 0 saturated carbocycles. The molecule has 0 spiro atoms. The Kier molecular flexibility index (Phi) is 6.15. The van der Waals surface area contributed by atoms with Crippen molar-refractivity contribution in [2.24, 2.45) is 0 Å². The topological polar surface area (TPSA) is 0 Å². The van der Waals surface area contributed by atoms with Gasteiger partial charge in [-0.1, -0.05) is 97.1 Å². The maximum Gasteiger partial charge on any atom is 0.134 e. The van der Waals surface area contributed by atoms with Gasteiger partial charge in [0, 0.05) is 5.56 Å². The van der Waals surface area contributed by atoms with Gasteiger partial charge in [0.2, 0.25) is 0 Å². The van der Waals surface area contributed by atoms with E-state index < -0.39 is 7.26 Å². The molecule has 0 aliphatic rings. The maximum atomic E-state index is 14.7. The molecule has 0 bridgehead atoms. The van der Waals surface area contributed by atoms with Crippen molar-refractivity contribution in [2.45, 2.75) is 5.66 Å². The molecule has 2 heteroatoms. The second kappa shape index (κ2) is 9.53. The van der Waals surface area contributed by atoms with E-state index in [9.17, 15) is 4.39 Å². The zero-order chi connectivity index (χ0) is 22.5. The van der Waals surface area contributed by atoms with Gasteiger partial charge >= 0.3 is 0 Å². The number of hydrogen-bond acceptors (Lipinski definition) is 0. The van der Waals surface area contributed by atoms with Crippen molar-refractivity contribution in [1.29, 1.82) is 0 Å². The molecule has 0 nitrogen and oxygen atoms in total. The van der Waals surface area contributed by atoms with Crippen LogP contribution >= 0.6 is 7.26 Å². The summed E-state index contributed by atoms with van der Waals surface area (Å²) in [6.45, 7) is 0. The van der Waals surface area contributed by atoms with Crippen LogP contribution in [0.3, 0.4) is 0 Å². The Morgan fingerprint density at radius 1 is 0.424 bits per heavy atom. The minimum absolute atomic E-state index is 0.0402. The monoisotopic (exact) mass is 447 g/mol. The SMILES string of the molecule is Fc1cccc(C(c2ccccc2)[P+](c2ccccc2)(c2ccccc2)c2ccccc2)c1. The molecule has 160 valence electrons. The number of halogens is 1. The molecule has 0 N–H and O–H groups in total. The van der Waals surface area contributed by atoms with E-state index in [1.165, 1.54) is 27.5 Å². The van der Waals surface area contributed by atoms with Gasteiger partial charge in [-0.2, -0.15) is 0 Å². The van der Waals surface area contributed by atoms with Crippen molar-refractivity contribution in [3.05, 3.63) is 163 Å². The Balaban J connectivity index is 1.95. The van der Waals surface area contributed by atoms with Crippen molar-refractivity contribution in [3.8, 4) is 0 Å². The summed E-state index contributed by atoms with van der Waals surface area (Å²) in [6, 6.07) is 50.0. The molecule has 5 rings (SSSR count). The lowest BCUT2D eigenvalue weighted by Crippen LogP contribution is -2.35. The molecule has 0 aliphatic carbocycles. The van der Waals surface area contributed by atoms with Gasteiger partial charge in [0.15, 0.2) is 0 Å². The van der Waals surface area contributed by atoms with Crippen LogP contribution in [0, 0.1) is 5.82 Å². The van der Waals surface area contributed by atoms with E-state index in [4.69, 9.17) is 0 Å². The summed E-state index contributed by atoms with van der Waals surface area (Å²) in [5.41, 5.74) is 2.14.